The zero-order valence-corrected chi connectivity index (χ0v) is 27.3. The Hall–Kier alpha value is -1.06. The normalized spacial score (nSPS) is 46.8. The van der Waals surface area contributed by atoms with Crippen LogP contribution in [0.15, 0.2) is 0 Å². The Balaban J connectivity index is 1.34. The molecule has 1 aromatic rings. The first-order valence-corrected chi connectivity index (χ1v) is 16.8. The van der Waals surface area contributed by atoms with Crippen molar-refractivity contribution in [2.24, 2.45) is 45.7 Å². The van der Waals surface area contributed by atoms with E-state index in [1.54, 1.807) is 11.3 Å². The van der Waals surface area contributed by atoms with E-state index in [1.165, 1.54) is 4.88 Å². The summed E-state index contributed by atoms with van der Waals surface area (Å²) in [6, 6.07) is 0. The molecule has 6 rings (SSSR count). The molecule has 41 heavy (non-hydrogen) atoms. The smallest absolute Gasteiger partial charge is 0.239 e. The number of aromatic nitrogens is 1. The van der Waals surface area contributed by atoms with Gasteiger partial charge in [0, 0.05) is 10.3 Å². The van der Waals surface area contributed by atoms with Crippen molar-refractivity contribution in [1.29, 1.82) is 0 Å². The van der Waals surface area contributed by atoms with Crippen LogP contribution < -0.4 is 11.1 Å². The molecular formula is C33H53N3O4S. The summed E-state index contributed by atoms with van der Waals surface area (Å²) in [7, 11) is 0. The van der Waals surface area contributed by atoms with Crippen LogP contribution in [0.1, 0.15) is 111 Å². The first kappa shape index (κ1) is 30.0. The van der Waals surface area contributed by atoms with E-state index in [1.807, 2.05) is 13.8 Å². The van der Waals surface area contributed by atoms with Gasteiger partial charge in [-0.1, -0.05) is 34.6 Å². The molecule has 4 fully saturated rings. The first-order valence-electron chi connectivity index (χ1n) is 16.0. The predicted octanol–water partition coefficient (Wildman–Crippen LogP) is 5.42. The van der Waals surface area contributed by atoms with E-state index in [2.05, 4.69) is 46.9 Å². The number of nitrogens with zero attached hydrogens (tertiary/aromatic N) is 1. The molecule has 7 nitrogen and oxygen atoms in total. The Morgan fingerprint density at radius 1 is 1.07 bits per heavy atom. The van der Waals surface area contributed by atoms with E-state index in [0.29, 0.717) is 22.9 Å². The fourth-order valence-corrected chi connectivity index (χ4v) is 12.9. The van der Waals surface area contributed by atoms with Gasteiger partial charge in [0.15, 0.2) is 5.13 Å². The lowest BCUT2D eigenvalue weighted by atomic mass is 9.35. The number of hydrogen-bond acceptors (Lipinski definition) is 7. The van der Waals surface area contributed by atoms with E-state index in [4.69, 9.17) is 15.5 Å². The minimum Gasteiger partial charge on any atom is -0.393 e. The Morgan fingerprint density at radius 3 is 2.39 bits per heavy atom. The lowest BCUT2D eigenvalue weighted by molar-refractivity contribution is -0.227. The van der Waals surface area contributed by atoms with Crippen LogP contribution >= 0.6 is 11.3 Å². The highest BCUT2D eigenvalue weighted by Gasteiger charge is 2.72. The molecule has 10 atom stereocenters. The van der Waals surface area contributed by atoms with Gasteiger partial charge in [-0.25, -0.2) is 4.98 Å². The minimum absolute atomic E-state index is 0.0194. The largest absolute Gasteiger partial charge is 0.393 e. The molecule has 8 heteroatoms. The second kappa shape index (κ2) is 9.23. The van der Waals surface area contributed by atoms with E-state index < -0.39 is 5.60 Å². The van der Waals surface area contributed by atoms with Crippen LogP contribution in [-0.4, -0.2) is 51.1 Å². The molecule has 1 saturated heterocycles. The zero-order chi connectivity index (χ0) is 30.0. The first-order chi connectivity index (χ1) is 18.9. The third kappa shape index (κ3) is 4.09. The molecule has 230 valence electrons. The molecule has 3 saturated carbocycles. The van der Waals surface area contributed by atoms with Gasteiger partial charge in [-0.3, -0.25) is 4.79 Å². The van der Waals surface area contributed by atoms with Gasteiger partial charge in [-0.05, 0) is 112 Å². The summed E-state index contributed by atoms with van der Waals surface area (Å²) in [5.41, 5.74) is 5.57. The number of anilines is 1. The maximum Gasteiger partial charge on any atom is 0.239 e. The van der Waals surface area contributed by atoms with Crippen molar-refractivity contribution < 1.29 is 19.7 Å². The third-order valence-corrected chi connectivity index (χ3v) is 14.7. The molecule has 5 aliphatic rings. The van der Waals surface area contributed by atoms with Crippen LogP contribution in [0.3, 0.4) is 0 Å². The van der Waals surface area contributed by atoms with E-state index in [-0.39, 0.29) is 57.8 Å². The number of amides is 1. The fourth-order valence-electron chi connectivity index (χ4n) is 11.6. The van der Waals surface area contributed by atoms with Crippen LogP contribution in [0.2, 0.25) is 0 Å². The van der Waals surface area contributed by atoms with Gasteiger partial charge in [0.2, 0.25) is 5.91 Å². The van der Waals surface area contributed by atoms with Crippen molar-refractivity contribution >= 4 is 22.4 Å². The van der Waals surface area contributed by atoms with Crippen LogP contribution in [0, 0.1) is 39.9 Å². The van der Waals surface area contributed by atoms with Crippen LogP contribution in [0.5, 0.6) is 0 Å². The van der Waals surface area contributed by atoms with E-state index in [0.717, 1.165) is 57.1 Å². The van der Waals surface area contributed by atoms with Gasteiger partial charge >= 0.3 is 0 Å². The second-order valence-corrected chi connectivity index (χ2v) is 17.6. The fraction of sp³-hybridized carbons (Fsp3) is 0.879. The summed E-state index contributed by atoms with van der Waals surface area (Å²) >= 11 is 1.61. The van der Waals surface area contributed by atoms with E-state index >= 15 is 0 Å². The Kier molecular flexibility index (Phi) is 6.75. The number of ether oxygens (including phenoxy) is 1. The highest BCUT2D eigenvalue weighted by atomic mass is 32.1. The summed E-state index contributed by atoms with van der Waals surface area (Å²) in [5, 5.41) is 26.5. The van der Waals surface area contributed by atoms with Crippen molar-refractivity contribution in [3.05, 3.63) is 10.6 Å². The number of aliphatic hydroxyl groups is 2. The topological polar surface area (TPSA) is 118 Å². The standard InChI is InChI=1S/C33H53N3O4S/c1-28(2)21-10-13-31(6)22(30(21,5)16-20-26(28)36-27(41-20)35-24(38)17-34)15-19(37)25-18(9-12-32(25,31)7)33(8)14-11-23(40-33)29(3,4)39/h18-19,21-23,25,37,39H,9-17,34H2,1-8H3,(H,35,36,38)/t18-,19+,21-,22+,23-,25-,30-,31+,32+,33-/m0/s1. The number of aliphatic hydroxyl groups excluding tert-OH is 1. The van der Waals surface area contributed by atoms with Gasteiger partial charge < -0.3 is 26.0 Å². The molecule has 0 unspecified atom stereocenters. The Morgan fingerprint density at radius 2 is 1.76 bits per heavy atom. The quantitative estimate of drug-likeness (QED) is 0.374. The highest BCUT2D eigenvalue weighted by molar-refractivity contribution is 7.15. The monoisotopic (exact) mass is 587 g/mol. The van der Waals surface area contributed by atoms with Gasteiger partial charge in [-0.15, -0.1) is 11.3 Å². The number of nitrogens with one attached hydrogen (secondary N) is 1. The number of rotatable bonds is 4. The second-order valence-electron chi connectivity index (χ2n) is 16.5. The van der Waals surface area contributed by atoms with Crippen LogP contribution in [0.4, 0.5) is 5.13 Å². The maximum atomic E-state index is 12.2. The van der Waals surface area contributed by atoms with Crippen LogP contribution in [-0.2, 0) is 21.4 Å². The van der Waals surface area contributed by atoms with Gasteiger partial charge in [0.05, 0.1) is 35.6 Å². The molecule has 4 aliphatic carbocycles. The molecule has 0 spiro atoms. The third-order valence-electron chi connectivity index (χ3n) is 13.7. The number of thiazole rings is 1. The highest BCUT2D eigenvalue weighted by Crippen LogP contribution is 2.76. The van der Waals surface area contributed by atoms with Crippen molar-refractivity contribution in [2.45, 2.75) is 136 Å². The summed E-state index contributed by atoms with van der Waals surface area (Å²) in [6.07, 6.45) is 7.55. The summed E-state index contributed by atoms with van der Waals surface area (Å²) in [6.45, 7) is 18.2. The van der Waals surface area contributed by atoms with Crippen molar-refractivity contribution in [3.8, 4) is 0 Å². The molecule has 2 heterocycles. The number of hydrogen-bond donors (Lipinski definition) is 4. The predicted molar refractivity (Wildman–Crippen MR) is 163 cm³/mol. The molecule has 5 N–H and O–H groups in total. The average Bonchev–Trinajstić information content (AvgIpc) is 3.57. The summed E-state index contributed by atoms with van der Waals surface area (Å²) < 4.78 is 6.71. The lowest BCUT2D eigenvalue weighted by Crippen LogP contribution is -2.66. The summed E-state index contributed by atoms with van der Waals surface area (Å²) in [5.74, 6) is 1.13. The average molecular weight is 588 g/mol. The molecule has 1 aromatic heterocycles. The number of nitrogens with two attached hydrogens (primary N) is 1. The van der Waals surface area contributed by atoms with Crippen molar-refractivity contribution in [1.82, 2.24) is 4.98 Å². The maximum absolute atomic E-state index is 12.2. The SMILES string of the molecule is CC(C)(O)[C@@H]1CC[C@@](C)([C@H]2CC[C@]3(C)[C@@H]2[C@H](O)C[C@@H]2[C@@]4(C)Cc5sc(NC(=O)CN)nc5C(C)(C)[C@@H]4CC[C@]23C)O1. The number of fused-ring (bicyclic) bond motifs is 6. The van der Waals surface area contributed by atoms with Crippen LogP contribution in [0.25, 0.3) is 0 Å². The molecule has 1 aliphatic heterocycles. The van der Waals surface area contributed by atoms with E-state index in [9.17, 15) is 15.0 Å². The lowest BCUT2D eigenvalue weighted by Gasteiger charge is -2.69. The summed E-state index contributed by atoms with van der Waals surface area (Å²) in [4.78, 5) is 18.3. The van der Waals surface area contributed by atoms with Gasteiger partial charge in [0.1, 0.15) is 0 Å². The molecule has 1 amide bonds. The zero-order valence-electron chi connectivity index (χ0n) is 26.5. The number of carbonyl (C=O) groups is 1. The van der Waals surface area contributed by atoms with Crippen molar-refractivity contribution in [3.63, 3.8) is 0 Å². The Labute approximate surface area is 250 Å². The van der Waals surface area contributed by atoms with Gasteiger partial charge in [0.25, 0.3) is 0 Å². The molecular weight excluding hydrogens is 534 g/mol. The molecule has 0 aromatic carbocycles. The van der Waals surface area contributed by atoms with Gasteiger partial charge in [-0.2, -0.15) is 0 Å². The minimum atomic E-state index is -0.856. The van der Waals surface area contributed by atoms with Crippen molar-refractivity contribution in [2.75, 3.05) is 11.9 Å². The number of carbonyl (C=O) groups excluding carboxylic acids is 1. The molecule has 0 radical (unpaired) electrons. The molecule has 0 bridgehead atoms. The Bertz CT molecular complexity index is 1230.